The molecule has 2 unspecified atom stereocenters. The number of hydrogen-bond acceptors (Lipinski definition) is 11. The highest BCUT2D eigenvalue weighted by molar-refractivity contribution is 5.90. The predicted octanol–water partition coefficient (Wildman–Crippen LogP) is 3.38. The second-order valence-electron chi connectivity index (χ2n) is 11.3. The molecule has 7 rings (SSSR count). The molecule has 0 spiro atoms. The van der Waals surface area contributed by atoms with Crippen molar-refractivity contribution >= 4 is 28.3 Å². The summed E-state index contributed by atoms with van der Waals surface area (Å²) in [4.78, 5) is 13.3. The van der Waals surface area contributed by atoms with Crippen LogP contribution in [0.1, 0.15) is 12.5 Å². The number of ether oxygens (including phenoxy) is 2. The number of methoxy groups -OCH3 is 1. The number of fused-ring (bicyclic) bond motifs is 3. The zero-order chi connectivity index (χ0) is 31.8. The van der Waals surface area contributed by atoms with Crippen LogP contribution in [-0.4, -0.2) is 92.1 Å². The van der Waals surface area contributed by atoms with E-state index in [0.29, 0.717) is 79.1 Å². The Bertz CT molecular complexity index is 1960. The number of rotatable bonds is 10. The summed E-state index contributed by atoms with van der Waals surface area (Å²) in [6.07, 6.45) is 2.18. The van der Waals surface area contributed by atoms with Crippen molar-refractivity contribution in [1.29, 1.82) is 0 Å². The summed E-state index contributed by atoms with van der Waals surface area (Å²) >= 11 is 0. The minimum Gasteiger partial charge on any atom is -0.491 e. The number of anilines is 2. The quantitative estimate of drug-likeness (QED) is 0.216. The van der Waals surface area contributed by atoms with Crippen molar-refractivity contribution in [2.24, 2.45) is 0 Å². The Labute approximate surface area is 263 Å². The van der Waals surface area contributed by atoms with Crippen molar-refractivity contribution in [1.82, 2.24) is 34.3 Å². The average Bonchev–Trinajstić information content (AvgIpc) is 3.85. The fraction of sp³-hybridized carbons (Fsp3) is 0.312. The van der Waals surface area contributed by atoms with E-state index in [1.807, 2.05) is 47.1 Å². The molecule has 0 radical (unpaired) electrons. The number of aromatic nitrogens is 6. The van der Waals surface area contributed by atoms with Crippen LogP contribution in [-0.2, 0) is 10.3 Å². The Kier molecular flexibility index (Phi) is 7.76. The molecule has 0 bridgehead atoms. The summed E-state index contributed by atoms with van der Waals surface area (Å²) in [5.74, 6) is 1.07. The summed E-state index contributed by atoms with van der Waals surface area (Å²) in [5, 5.41) is 22.0. The van der Waals surface area contributed by atoms with E-state index in [-0.39, 0.29) is 11.8 Å². The van der Waals surface area contributed by atoms with Crippen LogP contribution >= 0.6 is 0 Å². The highest BCUT2D eigenvalue weighted by Gasteiger charge is 2.43. The largest absolute Gasteiger partial charge is 0.491 e. The molecule has 5 heterocycles. The molecule has 2 atom stereocenters. The Morgan fingerprint density at radius 3 is 2.54 bits per heavy atom. The van der Waals surface area contributed by atoms with Gasteiger partial charge in [-0.3, -0.25) is 4.90 Å². The number of aliphatic hydroxyl groups excluding tert-OH is 1. The summed E-state index contributed by atoms with van der Waals surface area (Å²) in [7, 11) is 1.59. The summed E-state index contributed by atoms with van der Waals surface area (Å²) in [6, 6.07) is 18.1. The monoisotopic (exact) mass is 627 g/mol. The molecule has 2 aromatic carbocycles. The van der Waals surface area contributed by atoms with Crippen molar-refractivity contribution in [2.75, 3.05) is 57.1 Å². The van der Waals surface area contributed by atoms with E-state index < -0.39 is 11.8 Å². The molecule has 3 N–H and O–H groups in total. The second-order valence-corrected chi connectivity index (χ2v) is 11.3. The third-order valence-electron chi connectivity index (χ3n) is 8.55. The Morgan fingerprint density at radius 2 is 1.83 bits per heavy atom. The molecule has 1 aliphatic heterocycles. The van der Waals surface area contributed by atoms with Crippen LogP contribution in [0.4, 0.5) is 16.0 Å². The van der Waals surface area contributed by atoms with E-state index in [9.17, 15) is 5.11 Å². The molecule has 1 aliphatic rings. The molecule has 0 amide bonds. The van der Waals surface area contributed by atoms with Crippen LogP contribution in [0.5, 0.6) is 5.75 Å². The minimum atomic E-state index is -1.10. The normalized spacial score (nSPS) is 16.2. The van der Waals surface area contributed by atoms with Gasteiger partial charge in [-0.25, -0.2) is 14.1 Å². The van der Waals surface area contributed by atoms with Gasteiger partial charge in [0.1, 0.15) is 29.9 Å². The van der Waals surface area contributed by atoms with Gasteiger partial charge < -0.3 is 29.6 Å². The first-order chi connectivity index (χ1) is 22.4. The number of nitrogen functional groups attached to an aromatic ring is 1. The molecule has 0 aliphatic carbocycles. The number of piperazine rings is 1. The number of hydrogen-bond donors (Lipinski definition) is 2. The Morgan fingerprint density at radius 1 is 1.02 bits per heavy atom. The maximum atomic E-state index is 15.1. The van der Waals surface area contributed by atoms with E-state index in [4.69, 9.17) is 24.7 Å². The van der Waals surface area contributed by atoms with Gasteiger partial charge in [0.25, 0.3) is 0 Å². The third-order valence-corrected chi connectivity index (χ3v) is 8.55. The van der Waals surface area contributed by atoms with E-state index in [0.717, 1.165) is 5.56 Å². The lowest BCUT2D eigenvalue weighted by Gasteiger charge is -2.45. The van der Waals surface area contributed by atoms with Crippen LogP contribution in [0.25, 0.3) is 28.3 Å². The van der Waals surface area contributed by atoms with Gasteiger partial charge in [-0.15, -0.1) is 5.10 Å². The van der Waals surface area contributed by atoms with Gasteiger partial charge in [-0.05, 0) is 36.8 Å². The van der Waals surface area contributed by atoms with Gasteiger partial charge in [0.15, 0.2) is 17.1 Å². The van der Waals surface area contributed by atoms with Crippen LogP contribution in [0.15, 0.2) is 77.5 Å². The average molecular weight is 628 g/mol. The molecule has 46 heavy (non-hydrogen) atoms. The molecule has 14 heteroatoms. The van der Waals surface area contributed by atoms with Crippen LogP contribution in [0, 0.1) is 5.82 Å². The zero-order valence-electron chi connectivity index (χ0n) is 25.5. The SMILES string of the molecule is COCCOc1ccc(N2CCN(C(O)C(C)(c3ccccc3)n3ncc4c3nc(N)n3nc(-c5ccco5)nc43)CC2)c(F)c1. The van der Waals surface area contributed by atoms with E-state index in [1.54, 1.807) is 48.5 Å². The van der Waals surface area contributed by atoms with Gasteiger partial charge in [0.2, 0.25) is 11.8 Å². The van der Waals surface area contributed by atoms with Crippen molar-refractivity contribution in [3.8, 4) is 17.3 Å². The molecule has 238 valence electrons. The number of furan rings is 1. The number of nitrogens with two attached hydrogens (primary N) is 1. The fourth-order valence-electron chi connectivity index (χ4n) is 6.06. The zero-order valence-corrected chi connectivity index (χ0v) is 25.5. The lowest BCUT2D eigenvalue weighted by Crippen LogP contribution is -2.59. The maximum absolute atomic E-state index is 15.1. The van der Waals surface area contributed by atoms with E-state index in [2.05, 4.69) is 15.1 Å². The number of aliphatic hydroxyl groups is 1. The van der Waals surface area contributed by atoms with Gasteiger partial charge in [-0.1, -0.05) is 30.3 Å². The molecular weight excluding hydrogens is 593 g/mol. The summed E-state index contributed by atoms with van der Waals surface area (Å²) in [6.45, 7) is 4.65. The van der Waals surface area contributed by atoms with Gasteiger partial charge in [-0.2, -0.15) is 14.6 Å². The van der Waals surface area contributed by atoms with Gasteiger partial charge in [0, 0.05) is 39.4 Å². The minimum absolute atomic E-state index is 0.116. The number of nitrogens with zero attached hydrogens (tertiary/aromatic N) is 8. The molecule has 6 aromatic rings. The smallest absolute Gasteiger partial charge is 0.225 e. The number of halogens is 1. The van der Waals surface area contributed by atoms with Crippen molar-refractivity contribution in [3.63, 3.8) is 0 Å². The van der Waals surface area contributed by atoms with Crippen molar-refractivity contribution in [3.05, 3.63) is 84.5 Å². The molecule has 0 saturated carbocycles. The van der Waals surface area contributed by atoms with Crippen LogP contribution in [0.2, 0.25) is 0 Å². The van der Waals surface area contributed by atoms with Crippen molar-refractivity contribution < 1.29 is 23.4 Å². The lowest BCUT2D eigenvalue weighted by molar-refractivity contribution is -0.0669. The molecular formula is C32H34FN9O4. The molecule has 1 fully saturated rings. The summed E-state index contributed by atoms with van der Waals surface area (Å²) in [5.41, 5.74) is 7.52. The highest BCUT2D eigenvalue weighted by atomic mass is 19.1. The second kappa shape index (κ2) is 12.0. The van der Waals surface area contributed by atoms with E-state index >= 15 is 4.39 Å². The van der Waals surface area contributed by atoms with Gasteiger partial charge >= 0.3 is 0 Å². The first-order valence-corrected chi connectivity index (χ1v) is 15.0. The molecule has 1 saturated heterocycles. The standard InChI is InChI=1S/C32H34FN9O4/c1-32(21-7-4-3-5-8-21,30(43)40-14-12-39(13-15-40)25-11-10-22(19-24(25)33)45-18-17-44-2)42-29-23(20-35-42)28-36-27(26-9-6-16-46-26)38-41(28)31(34)37-29/h3-11,16,19-20,30,43H,12-15,17-18H2,1-2H3,(H2,34,37). The first-order valence-electron chi connectivity index (χ1n) is 15.0. The Hall–Kier alpha value is -5.05. The highest BCUT2D eigenvalue weighted by Crippen LogP contribution is 2.36. The fourth-order valence-corrected chi connectivity index (χ4v) is 6.06. The molecule has 13 nitrogen and oxygen atoms in total. The lowest BCUT2D eigenvalue weighted by atomic mass is 9.89. The Balaban J connectivity index is 1.19. The van der Waals surface area contributed by atoms with Crippen LogP contribution < -0.4 is 15.4 Å². The number of benzene rings is 2. The topological polar surface area (TPSA) is 145 Å². The maximum Gasteiger partial charge on any atom is 0.225 e. The first kappa shape index (κ1) is 29.6. The molecule has 4 aromatic heterocycles. The predicted molar refractivity (Wildman–Crippen MR) is 169 cm³/mol. The van der Waals surface area contributed by atoms with Crippen molar-refractivity contribution in [2.45, 2.75) is 18.7 Å². The summed E-state index contributed by atoms with van der Waals surface area (Å²) < 4.78 is 34.3. The third kappa shape index (κ3) is 5.09. The van der Waals surface area contributed by atoms with E-state index in [1.165, 1.54) is 10.6 Å². The van der Waals surface area contributed by atoms with Gasteiger partial charge in [0.05, 0.1) is 30.1 Å². The van der Waals surface area contributed by atoms with Crippen LogP contribution in [0.3, 0.4) is 0 Å².